The van der Waals surface area contributed by atoms with Crippen molar-refractivity contribution in [2.24, 2.45) is 10.7 Å². The lowest BCUT2D eigenvalue weighted by atomic mass is 10.1. The van der Waals surface area contributed by atoms with Crippen LogP contribution in [-0.2, 0) is 4.79 Å². The summed E-state index contributed by atoms with van der Waals surface area (Å²) in [5.74, 6) is 0.316. The number of H-pyrrole nitrogens is 1. The van der Waals surface area contributed by atoms with Crippen LogP contribution >= 0.6 is 0 Å². The number of anilines is 1. The minimum absolute atomic E-state index is 0.338. The van der Waals surface area contributed by atoms with Gasteiger partial charge in [-0.2, -0.15) is 0 Å². The van der Waals surface area contributed by atoms with Crippen LogP contribution in [0.2, 0.25) is 0 Å². The highest BCUT2D eigenvalue weighted by Crippen LogP contribution is 2.16. The smallest absolute Gasteiger partial charge is 0.267 e. The van der Waals surface area contributed by atoms with Crippen molar-refractivity contribution in [3.05, 3.63) is 17.8 Å². The summed E-state index contributed by atoms with van der Waals surface area (Å²) in [5, 5.41) is 2.98. The van der Waals surface area contributed by atoms with Gasteiger partial charge in [0.15, 0.2) is 0 Å². The van der Waals surface area contributed by atoms with Crippen LogP contribution < -0.4 is 11.1 Å². The molecule has 2 rings (SSSR count). The van der Waals surface area contributed by atoms with Crippen molar-refractivity contribution in [2.45, 2.75) is 0 Å². The van der Waals surface area contributed by atoms with Gasteiger partial charge in [0.1, 0.15) is 18.2 Å². The van der Waals surface area contributed by atoms with E-state index in [1.54, 1.807) is 12.3 Å². The molecule has 0 aromatic carbocycles. The zero-order chi connectivity index (χ0) is 8.55. The van der Waals surface area contributed by atoms with Crippen molar-refractivity contribution in [3.63, 3.8) is 0 Å². The molecule has 5 heteroatoms. The van der Waals surface area contributed by atoms with Gasteiger partial charge >= 0.3 is 0 Å². The fourth-order valence-corrected chi connectivity index (χ4v) is 1.21. The number of nitrogens with zero attached hydrogens (tertiary/aromatic N) is 1. The molecule has 2 heterocycles. The molecule has 0 radical (unpaired) electrons. The fourth-order valence-electron chi connectivity index (χ4n) is 1.21. The molecule has 0 saturated heterocycles. The standard InChI is InChI=1S/C7H8N4O/c8-6(12)5-4-1-2-9-7(4)11-3-10-5/h1-2,9,11H,3H2,(H2,8,12). The van der Waals surface area contributed by atoms with E-state index in [0.717, 1.165) is 11.4 Å². The van der Waals surface area contributed by atoms with E-state index in [0.29, 0.717) is 12.4 Å². The molecule has 12 heavy (non-hydrogen) atoms. The van der Waals surface area contributed by atoms with Crippen molar-refractivity contribution < 1.29 is 4.79 Å². The summed E-state index contributed by atoms with van der Waals surface area (Å²) in [6.07, 6.45) is 1.74. The number of nitrogens with two attached hydrogens (primary N) is 1. The van der Waals surface area contributed by atoms with Crippen LogP contribution in [0.1, 0.15) is 5.56 Å². The number of hydrogen-bond acceptors (Lipinski definition) is 3. The van der Waals surface area contributed by atoms with E-state index >= 15 is 0 Å². The number of aromatic nitrogens is 1. The van der Waals surface area contributed by atoms with Gasteiger partial charge in [-0.1, -0.05) is 0 Å². The number of hydrogen-bond donors (Lipinski definition) is 3. The summed E-state index contributed by atoms with van der Waals surface area (Å²) in [5.41, 5.74) is 6.21. The van der Waals surface area contributed by atoms with E-state index in [2.05, 4.69) is 15.3 Å². The fraction of sp³-hybridized carbons (Fsp3) is 0.143. The number of carbonyl (C=O) groups is 1. The zero-order valence-electron chi connectivity index (χ0n) is 6.29. The van der Waals surface area contributed by atoms with Crippen molar-refractivity contribution >= 4 is 17.4 Å². The first-order chi connectivity index (χ1) is 5.79. The van der Waals surface area contributed by atoms with Crippen molar-refractivity contribution in [1.29, 1.82) is 0 Å². The van der Waals surface area contributed by atoms with Crippen LogP contribution in [-0.4, -0.2) is 23.3 Å². The quantitative estimate of drug-likeness (QED) is 0.531. The average Bonchev–Trinajstić information content (AvgIpc) is 2.49. The van der Waals surface area contributed by atoms with Crippen LogP contribution in [0.25, 0.3) is 0 Å². The number of rotatable bonds is 1. The minimum Gasteiger partial charge on any atom is -0.364 e. The molecule has 1 aromatic rings. The molecule has 0 bridgehead atoms. The van der Waals surface area contributed by atoms with Crippen molar-refractivity contribution in [3.8, 4) is 0 Å². The van der Waals surface area contributed by atoms with Gasteiger partial charge in [0.05, 0.1) is 0 Å². The summed E-state index contributed by atoms with van der Waals surface area (Å²) >= 11 is 0. The predicted octanol–water partition coefficient (Wildman–Crippen LogP) is -0.328. The van der Waals surface area contributed by atoms with Crippen LogP contribution in [0.3, 0.4) is 0 Å². The molecule has 1 amide bonds. The Morgan fingerprint density at radius 2 is 2.50 bits per heavy atom. The van der Waals surface area contributed by atoms with E-state index in [4.69, 9.17) is 5.73 Å². The predicted molar refractivity (Wildman–Crippen MR) is 45.0 cm³/mol. The summed E-state index contributed by atoms with van der Waals surface area (Å²) < 4.78 is 0. The number of aliphatic imine (C=N–C) groups is 1. The van der Waals surface area contributed by atoms with E-state index in [-0.39, 0.29) is 0 Å². The Balaban J connectivity index is 2.50. The Kier molecular flexibility index (Phi) is 1.36. The SMILES string of the molecule is NC(=O)C1=NCNc2[nH]ccc21. The van der Waals surface area contributed by atoms with Crippen molar-refractivity contribution in [1.82, 2.24) is 4.98 Å². The highest BCUT2D eigenvalue weighted by molar-refractivity contribution is 6.46. The number of aromatic amines is 1. The second kappa shape index (κ2) is 2.37. The number of carbonyl (C=O) groups excluding carboxylic acids is 1. The lowest BCUT2D eigenvalue weighted by Gasteiger charge is -2.11. The Morgan fingerprint density at radius 3 is 3.25 bits per heavy atom. The largest absolute Gasteiger partial charge is 0.364 e. The molecule has 1 aliphatic rings. The normalized spacial score (nSPS) is 14.5. The monoisotopic (exact) mass is 164 g/mol. The van der Waals surface area contributed by atoms with Gasteiger partial charge in [-0.05, 0) is 6.07 Å². The zero-order valence-corrected chi connectivity index (χ0v) is 6.29. The molecule has 0 atom stereocenters. The Hall–Kier alpha value is -1.78. The maximum Gasteiger partial charge on any atom is 0.267 e. The van der Waals surface area contributed by atoms with Gasteiger partial charge in [-0.25, -0.2) is 0 Å². The molecule has 1 aliphatic heterocycles. The lowest BCUT2D eigenvalue weighted by Crippen LogP contribution is -2.28. The lowest BCUT2D eigenvalue weighted by molar-refractivity contribution is -0.111. The topological polar surface area (TPSA) is 83.3 Å². The van der Waals surface area contributed by atoms with Crippen LogP contribution in [0.15, 0.2) is 17.3 Å². The molecule has 0 fully saturated rings. The highest BCUT2D eigenvalue weighted by atomic mass is 16.1. The molecule has 0 unspecified atom stereocenters. The van der Waals surface area contributed by atoms with Gasteiger partial charge in [-0.3, -0.25) is 9.79 Å². The van der Waals surface area contributed by atoms with E-state index < -0.39 is 5.91 Å². The van der Waals surface area contributed by atoms with Crippen LogP contribution in [0.5, 0.6) is 0 Å². The second-order valence-electron chi connectivity index (χ2n) is 2.47. The minimum atomic E-state index is -0.489. The number of fused-ring (bicyclic) bond motifs is 1. The third-order valence-corrected chi connectivity index (χ3v) is 1.73. The van der Waals surface area contributed by atoms with Gasteiger partial charge in [0, 0.05) is 11.8 Å². The third kappa shape index (κ3) is 0.868. The van der Waals surface area contributed by atoms with Gasteiger partial charge in [-0.15, -0.1) is 0 Å². The molecule has 4 N–H and O–H groups in total. The maximum atomic E-state index is 10.9. The molecule has 0 spiro atoms. The Morgan fingerprint density at radius 1 is 1.67 bits per heavy atom. The Bertz CT molecular complexity index is 352. The molecular weight excluding hydrogens is 156 g/mol. The molecule has 0 aliphatic carbocycles. The van der Waals surface area contributed by atoms with Crippen molar-refractivity contribution in [2.75, 3.05) is 12.0 Å². The van der Waals surface area contributed by atoms with E-state index in [9.17, 15) is 4.79 Å². The van der Waals surface area contributed by atoms with E-state index in [1.165, 1.54) is 0 Å². The third-order valence-electron chi connectivity index (χ3n) is 1.73. The summed E-state index contributed by atoms with van der Waals surface area (Å²) in [6.45, 7) is 0.395. The van der Waals surface area contributed by atoms with E-state index in [1.807, 2.05) is 0 Å². The first-order valence-electron chi connectivity index (χ1n) is 3.55. The summed E-state index contributed by atoms with van der Waals surface area (Å²) in [7, 11) is 0. The van der Waals surface area contributed by atoms with Crippen LogP contribution in [0.4, 0.5) is 5.82 Å². The molecule has 62 valence electrons. The number of amides is 1. The molecule has 1 aromatic heterocycles. The first kappa shape index (κ1) is 6.90. The highest BCUT2D eigenvalue weighted by Gasteiger charge is 2.18. The molecular formula is C7H8N4O. The number of nitrogens with one attached hydrogen (secondary N) is 2. The molecule has 0 saturated carbocycles. The first-order valence-corrected chi connectivity index (χ1v) is 3.55. The number of primary amides is 1. The average molecular weight is 164 g/mol. The van der Waals surface area contributed by atoms with Gasteiger partial charge in [0.2, 0.25) is 0 Å². The maximum absolute atomic E-state index is 10.9. The van der Waals surface area contributed by atoms with Gasteiger partial charge in [0.25, 0.3) is 5.91 Å². The summed E-state index contributed by atoms with van der Waals surface area (Å²) in [4.78, 5) is 17.8. The summed E-state index contributed by atoms with van der Waals surface area (Å²) in [6, 6.07) is 1.77. The van der Waals surface area contributed by atoms with Crippen LogP contribution in [0, 0.1) is 0 Å². The van der Waals surface area contributed by atoms with Gasteiger partial charge < -0.3 is 16.0 Å². The second-order valence-corrected chi connectivity index (χ2v) is 2.47. The molecule has 5 nitrogen and oxygen atoms in total. The Labute approximate surface area is 68.7 Å².